The second kappa shape index (κ2) is 4.75. The number of nitro groups is 1. The van der Waals surface area contributed by atoms with E-state index in [4.69, 9.17) is 10.5 Å². The standard InChI is InChI=1S/C10H14N2O3/c1-7-3-4-10(15-8(2)6-11)9(5-7)12(13)14/h3-5,8H,6,11H2,1-2H3. The van der Waals surface area contributed by atoms with Crippen molar-refractivity contribution in [2.45, 2.75) is 20.0 Å². The third-order valence-corrected chi connectivity index (χ3v) is 1.97. The van der Waals surface area contributed by atoms with Crippen LogP contribution >= 0.6 is 0 Å². The van der Waals surface area contributed by atoms with Crippen molar-refractivity contribution in [2.24, 2.45) is 5.73 Å². The van der Waals surface area contributed by atoms with Crippen molar-refractivity contribution < 1.29 is 9.66 Å². The Balaban J connectivity index is 3.01. The van der Waals surface area contributed by atoms with Crippen LogP contribution in [0.25, 0.3) is 0 Å². The molecule has 0 aliphatic rings. The minimum Gasteiger partial charge on any atom is -0.482 e. The normalized spacial score (nSPS) is 12.2. The number of nitro benzene ring substituents is 1. The molecule has 0 aliphatic heterocycles. The van der Waals surface area contributed by atoms with Crippen molar-refractivity contribution >= 4 is 5.69 Å². The van der Waals surface area contributed by atoms with E-state index in [1.54, 1.807) is 26.0 Å². The summed E-state index contributed by atoms with van der Waals surface area (Å²) in [6, 6.07) is 4.85. The lowest BCUT2D eigenvalue weighted by Gasteiger charge is -2.12. The molecule has 5 nitrogen and oxygen atoms in total. The number of ether oxygens (including phenoxy) is 1. The highest BCUT2D eigenvalue weighted by Crippen LogP contribution is 2.28. The summed E-state index contributed by atoms with van der Waals surface area (Å²) in [4.78, 5) is 10.3. The molecule has 0 amide bonds. The van der Waals surface area contributed by atoms with E-state index in [9.17, 15) is 10.1 Å². The summed E-state index contributed by atoms with van der Waals surface area (Å²) < 4.78 is 5.34. The second-order valence-corrected chi connectivity index (χ2v) is 3.39. The first-order valence-corrected chi connectivity index (χ1v) is 4.66. The molecule has 82 valence electrons. The van der Waals surface area contributed by atoms with Gasteiger partial charge in [0.05, 0.1) is 4.92 Å². The molecular formula is C10H14N2O3. The summed E-state index contributed by atoms with van der Waals surface area (Å²) in [5.74, 6) is 0.267. The molecule has 0 aromatic heterocycles. The van der Waals surface area contributed by atoms with Crippen LogP contribution < -0.4 is 10.5 Å². The van der Waals surface area contributed by atoms with Gasteiger partial charge in [0.2, 0.25) is 0 Å². The number of nitrogens with zero attached hydrogens (tertiary/aromatic N) is 1. The van der Waals surface area contributed by atoms with E-state index in [2.05, 4.69) is 0 Å². The monoisotopic (exact) mass is 210 g/mol. The van der Waals surface area contributed by atoms with Gasteiger partial charge in [-0.25, -0.2) is 0 Å². The lowest BCUT2D eigenvalue weighted by molar-refractivity contribution is -0.386. The highest BCUT2D eigenvalue weighted by molar-refractivity contribution is 5.48. The van der Waals surface area contributed by atoms with E-state index < -0.39 is 4.92 Å². The van der Waals surface area contributed by atoms with Crippen LogP contribution in [0.1, 0.15) is 12.5 Å². The van der Waals surface area contributed by atoms with Gasteiger partial charge in [-0.15, -0.1) is 0 Å². The number of rotatable bonds is 4. The summed E-state index contributed by atoms with van der Waals surface area (Å²) in [6.07, 6.45) is -0.230. The molecule has 0 bridgehead atoms. The van der Waals surface area contributed by atoms with Crippen molar-refractivity contribution in [3.63, 3.8) is 0 Å². The van der Waals surface area contributed by atoms with Crippen molar-refractivity contribution in [3.05, 3.63) is 33.9 Å². The second-order valence-electron chi connectivity index (χ2n) is 3.39. The molecule has 0 saturated heterocycles. The minimum absolute atomic E-state index is 0.0182. The van der Waals surface area contributed by atoms with Crippen LogP contribution in [0, 0.1) is 17.0 Å². The molecule has 0 spiro atoms. The Morgan fingerprint density at radius 2 is 2.27 bits per heavy atom. The Morgan fingerprint density at radius 1 is 1.60 bits per heavy atom. The van der Waals surface area contributed by atoms with Gasteiger partial charge in [-0.1, -0.05) is 6.07 Å². The summed E-state index contributed by atoms with van der Waals surface area (Å²) >= 11 is 0. The zero-order valence-corrected chi connectivity index (χ0v) is 8.77. The molecule has 0 aliphatic carbocycles. The average molecular weight is 210 g/mol. The first kappa shape index (κ1) is 11.5. The molecule has 1 rings (SSSR count). The van der Waals surface area contributed by atoms with Gasteiger partial charge >= 0.3 is 5.69 Å². The van der Waals surface area contributed by atoms with Crippen LogP contribution in [0.15, 0.2) is 18.2 Å². The third-order valence-electron chi connectivity index (χ3n) is 1.97. The van der Waals surface area contributed by atoms with Gasteiger partial charge in [0.1, 0.15) is 6.10 Å². The quantitative estimate of drug-likeness (QED) is 0.605. The van der Waals surface area contributed by atoms with E-state index in [1.165, 1.54) is 6.07 Å². The SMILES string of the molecule is Cc1ccc(OC(C)CN)c([N+](=O)[O-])c1. The average Bonchev–Trinajstić information content (AvgIpc) is 2.20. The molecule has 15 heavy (non-hydrogen) atoms. The van der Waals surface area contributed by atoms with Gasteiger partial charge in [-0.3, -0.25) is 10.1 Å². The zero-order valence-electron chi connectivity index (χ0n) is 8.77. The van der Waals surface area contributed by atoms with Crippen LogP contribution in [-0.4, -0.2) is 17.6 Å². The van der Waals surface area contributed by atoms with Crippen molar-refractivity contribution in [3.8, 4) is 5.75 Å². The maximum absolute atomic E-state index is 10.7. The molecule has 0 saturated carbocycles. The predicted octanol–water partition coefficient (Wildman–Crippen LogP) is 1.63. The third kappa shape index (κ3) is 2.92. The van der Waals surface area contributed by atoms with Crippen LogP contribution in [-0.2, 0) is 0 Å². The van der Waals surface area contributed by atoms with Crippen LogP contribution in [0.3, 0.4) is 0 Å². The molecule has 5 heteroatoms. The Kier molecular flexibility index (Phi) is 3.62. The Labute approximate surface area is 88.0 Å². The van der Waals surface area contributed by atoms with Crippen molar-refractivity contribution in [1.29, 1.82) is 0 Å². The maximum Gasteiger partial charge on any atom is 0.311 e. The lowest BCUT2D eigenvalue weighted by atomic mass is 10.2. The van der Waals surface area contributed by atoms with E-state index in [0.717, 1.165) is 5.56 Å². The van der Waals surface area contributed by atoms with Crippen LogP contribution in [0.5, 0.6) is 5.75 Å². The number of nitrogens with two attached hydrogens (primary N) is 1. The molecule has 0 heterocycles. The first-order valence-electron chi connectivity index (χ1n) is 4.66. The molecule has 2 N–H and O–H groups in total. The van der Waals surface area contributed by atoms with Gasteiger partial charge in [0.25, 0.3) is 0 Å². The fourth-order valence-electron chi connectivity index (χ4n) is 1.13. The molecule has 1 atom stereocenters. The first-order chi connectivity index (χ1) is 7.04. The van der Waals surface area contributed by atoms with E-state index in [-0.39, 0.29) is 17.5 Å². The van der Waals surface area contributed by atoms with E-state index in [0.29, 0.717) is 6.54 Å². The fourth-order valence-corrected chi connectivity index (χ4v) is 1.13. The summed E-state index contributed by atoms with van der Waals surface area (Å²) in [7, 11) is 0. The highest BCUT2D eigenvalue weighted by Gasteiger charge is 2.16. The number of hydrogen-bond donors (Lipinski definition) is 1. The van der Waals surface area contributed by atoms with Crippen LogP contribution in [0.2, 0.25) is 0 Å². The largest absolute Gasteiger partial charge is 0.482 e. The van der Waals surface area contributed by atoms with Gasteiger partial charge in [-0.2, -0.15) is 0 Å². The molecule has 1 unspecified atom stereocenters. The minimum atomic E-state index is -0.453. The lowest BCUT2D eigenvalue weighted by Crippen LogP contribution is -2.23. The van der Waals surface area contributed by atoms with Gasteiger partial charge in [0.15, 0.2) is 5.75 Å². The summed E-state index contributed by atoms with van der Waals surface area (Å²) in [5, 5.41) is 10.7. The molecule has 0 radical (unpaired) electrons. The molecular weight excluding hydrogens is 196 g/mol. The smallest absolute Gasteiger partial charge is 0.311 e. The Hall–Kier alpha value is -1.62. The topological polar surface area (TPSA) is 78.4 Å². The van der Waals surface area contributed by atoms with Crippen LogP contribution in [0.4, 0.5) is 5.69 Å². The van der Waals surface area contributed by atoms with Gasteiger partial charge in [-0.05, 0) is 25.5 Å². The van der Waals surface area contributed by atoms with E-state index >= 15 is 0 Å². The van der Waals surface area contributed by atoms with Crippen molar-refractivity contribution in [2.75, 3.05) is 6.54 Å². The fraction of sp³-hybridized carbons (Fsp3) is 0.400. The number of aryl methyl sites for hydroxylation is 1. The Morgan fingerprint density at radius 3 is 2.80 bits per heavy atom. The van der Waals surface area contributed by atoms with Crippen molar-refractivity contribution in [1.82, 2.24) is 0 Å². The maximum atomic E-state index is 10.7. The predicted molar refractivity (Wildman–Crippen MR) is 57.0 cm³/mol. The molecule has 1 aromatic carbocycles. The highest BCUT2D eigenvalue weighted by atomic mass is 16.6. The van der Waals surface area contributed by atoms with Gasteiger partial charge in [0, 0.05) is 12.6 Å². The number of benzene rings is 1. The molecule has 0 fully saturated rings. The summed E-state index contributed by atoms with van der Waals surface area (Å²) in [5.41, 5.74) is 6.19. The zero-order chi connectivity index (χ0) is 11.4. The Bertz CT molecular complexity index is 366. The summed E-state index contributed by atoms with van der Waals surface area (Å²) in [6.45, 7) is 3.89. The van der Waals surface area contributed by atoms with Gasteiger partial charge < -0.3 is 10.5 Å². The van der Waals surface area contributed by atoms with E-state index in [1.807, 2.05) is 0 Å². The number of hydrogen-bond acceptors (Lipinski definition) is 4. The molecule has 1 aromatic rings.